The zero-order valence-corrected chi connectivity index (χ0v) is 30.5. The van der Waals surface area contributed by atoms with Crippen LogP contribution in [0.15, 0.2) is 88.9 Å². The molecule has 0 fully saturated rings. The molecule has 0 bridgehead atoms. The average molecular weight is 660 g/mol. The van der Waals surface area contributed by atoms with Crippen LogP contribution in [0.2, 0.25) is 0 Å². The summed E-state index contributed by atoms with van der Waals surface area (Å²) in [4.78, 5) is 9.71. The van der Waals surface area contributed by atoms with E-state index < -0.39 is 6.10 Å². The number of nitrogens with one attached hydrogen (secondary N) is 1. The van der Waals surface area contributed by atoms with Crippen LogP contribution in [-0.2, 0) is 17.4 Å². The van der Waals surface area contributed by atoms with Gasteiger partial charge in [0.25, 0.3) is 0 Å². The van der Waals surface area contributed by atoms with Crippen molar-refractivity contribution < 1.29 is 15.3 Å². The normalized spacial score (nSPS) is 18.9. The maximum Gasteiger partial charge on any atom is 0.128 e. The van der Waals surface area contributed by atoms with E-state index in [2.05, 4.69) is 79.8 Å². The van der Waals surface area contributed by atoms with E-state index >= 15 is 0 Å². The Kier molecular flexibility index (Phi) is 10.1. The Balaban J connectivity index is 1.53. The van der Waals surface area contributed by atoms with Crippen molar-refractivity contribution in [3.05, 3.63) is 101 Å². The first kappa shape index (κ1) is 35.9. The fourth-order valence-electron chi connectivity index (χ4n) is 6.69. The molecule has 1 aliphatic rings. The molecule has 0 aliphatic heterocycles. The largest absolute Gasteiger partial charge is 0.507 e. The second-order valence-electron chi connectivity index (χ2n) is 16.5. The Hall–Kier alpha value is -4.42. The minimum Gasteiger partial charge on any atom is -0.507 e. The monoisotopic (exact) mass is 659 g/mol. The van der Waals surface area contributed by atoms with Gasteiger partial charge in [-0.05, 0) is 76.1 Å². The number of rotatable bonds is 7. The molecule has 3 unspecified atom stereocenters. The van der Waals surface area contributed by atoms with Crippen molar-refractivity contribution in [1.82, 2.24) is 0 Å². The molecular formula is C43H53N3O3. The summed E-state index contributed by atoms with van der Waals surface area (Å²) < 4.78 is 0. The molecular weight excluding hydrogens is 606 g/mol. The number of nitrogens with zero attached hydrogens (tertiary/aromatic N) is 2. The van der Waals surface area contributed by atoms with Gasteiger partial charge in [0.05, 0.1) is 17.5 Å². The van der Waals surface area contributed by atoms with Crippen LogP contribution in [0.5, 0.6) is 11.5 Å². The van der Waals surface area contributed by atoms with Gasteiger partial charge in [-0.1, -0.05) is 105 Å². The highest BCUT2D eigenvalue weighted by molar-refractivity contribution is 6.04. The van der Waals surface area contributed by atoms with Gasteiger partial charge in [0.2, 0.25) is 0 Å². The number of phenols is 2. The Bertz CT molecular complexity index is 1900. The van der Waals surface area contributed by atoms with Gasteiger partial charge in [-0.25, -0.2) is 0 Å². The summed E-state index contributed by atoms with van der Waals surface area (Å²) in [5.74, 6) is 0.529. The van der Waals surface area contributed by atoms with Crippen molar-refractivity contribution in [1.29, 1.82) is 0 Å². The molecule has 0 heterocycles. The molecule has 1 aliphatic carbocycles. The molecule has 6 heteroatoms. The Morgan fingerprint density at radius 2 is 1.45 bits per heavy atom. The number of aliphatic hydroxyl groups is 1. The molecule has 4 aromatic rings. The van der Waals surface area contributed by atoms with E-state index in [1.807, 2.05) is 72.9 Å². The second-order valence-corrected chi connectivity index (χ2v) is 16.5. The summed E-state index contributed by atoms with van der Waals surface area (Å²) in [6, 6.07) is 21.7. The quantitative estimate of drug-likeness (QED) is 0.117. The summed E-state index contributed by atoms with van der Waals surface area (Å²) in [6.07, 6.45) is 8.14. The summed E-state index contributed by atoms with van der Waals surface area (Å²) in [7, 11) is 0. The van der Waals surface area contributed by atoms with Crippen LogP contribution in [0.4, 0.5) is 17.1 Å². The highest BCUT2D eigenvalue weighted by Gasteiger charge is 2.35. The maximum atomic E-state index is 11.2. The van der Waals surface area contributed by atoms with E-state index in [0.717, 1.165) is 50.9 Å². The molecule has 0 spiro atoms. The van der Waals surface area contributed by atoms with Crippen LogP contribution in [0.3, 0.4) is 0 Å². The zero-order valence-electron chi connectivity index (χ0n) is 30.5. The molecule has 5 rings (SSSR count). The smallest absolute Gasteiger partial charge is 0.128 e. The van der Waals surface area contributed by atoms with Gasteiger partial charge in [0.1, 0.15) is 11.5 Å². The molecule has 0 radical (unpaired) electrons. The first-order valence-corrected chi connectivity index (χ1v) is 17.3. The molecule has 0 amide bonds. The summed E-state index contributed by atoms with van der Waals surface area (Å²) >= 11 is 0. The summed E-state index contributed by atoms with van der Waals surface area (Å²) in [6.45, 7) is 19.5. The molecule has 4 aromatic carbocycles. The highest BCUT2D eigenvalue weighted by Crippen LogP contribution is 2.40. The van der Waals surface area contributed by atoms with Crippen molar-refractivity contribution in [2.24, 2.45) is 27.2 Å². The van der Waals surface area contributed by atoms with Crippen LogP contribution in [0.1, 0.15) is 91.0 Å². The third kappa shape index (κ3) is 8.08. The minimum atomic E-state index is -0.503. The Morgan fingerprint density at radius 3 is 2.12 bits per heavy atom. The third-order valence-electron chi connectivity index (χ3n) is 9.66. The van der Waals surface area contributed by atoms with Crippen LogP contribution in [0.25, 0.3) is 10.8 Å². The molecule has 258 valence electrons. The number of benzene rings is 4. The first-order valence-electron chi connectivity index (χ1n) is 17.3. The van der Waals surface area contributed by atoms with Crippen molar-refractivity contribution in [3.63, 3.8) is 0 Å². The topological polar surface area (TPSA) is 97.4 Å². The number of hydrogen-bond donors (Lipinski definition) is 4. The standard InChI is InChI=1S/C43H53N3O3/c1-41(2,3)33-16-10-13-27(38(33)47)24-44-30-19-20-31-32(23-30)37(46-26-29-15-12-18-35(40(29)49)43(7,8)9)22-21-36(31)45-25-28-14-11-17-34(39(28)48)42(4,5)6/h10-15,17-25,27,33,38,46-49H,16,26H2,1-9H3. The number of fused-ring (bicyclic) bond motifs is 1. The SMILES string of the molecule is CC(C)(C)c1cccc(C=Nc2ccc(NCc3cccc(C(C)(C)C)c3O)c3cc(N=CC4C=CCC(C(C)(C)C)C4O)ccc23)c1O. The van der Waals surface area contributed by atoms with Crippen molar-refractivity contribution in [2.45, 2.75) is 92.2 Å². The fraction of sp³-hybridized carbons (Fsp3) is 0.395. The molecule has 6 nitrogen and oxygen atoms in total. The number of aromatic hydroxyl groups is 2. The first-order chi connectivity index (χ1) is 22.9. The molecule has 0 aromatic heterocycles. The number of aliphatic hydroxyl groups excluding tert-OH is 1. The van der Waals surface area contributed by atoms with E-state index in [1.165, 1.54) is 0 Å². The van der Waals surface area contributed by atoms with E-state index in [0.29, 0.717) is 17.9 Å². The van der Waals surface area contributed by atoms with Gasteiger partial charge in [0.15, 0.2) is 0 Å². The lowest BCUT2D eigenvalue weighted by Gasteiger charge is -2.38. The van der Waals surface area contributed by atoms with E-state index in [-0.39, 0.29) is 33.8 Å². The summed E-state index contributed by atoms with van der Waals surface area (Å²) in [5, 5.41) is 38.8. The Morgan fingerprint density at radius 1 is 0.776 bits per heavy atom. The lowest BCUT2D eigenvalue weighted by atomic mass is 9.70. The predicted molar refractivity (Wildman–Crippen MR) is 206 cm³/mol. The highest BCUT2D eigenvalue weighted by atomic mass is 16.3. The molecule has 49 heavy (non-hydrogen) atoms. The van der Waals surface area contributed by atoms with E-state index in [9.17, 15) is 15.3 Å². The van der Waals surface area contributed by atoms with Crippen LogP contribution >= 0.6 is 0 Å². The number of anilines is 1. The number of para-hydroxylation sites is 2. The maximum absolute atomic E-state index is 11.2. The fourth-order valence-corrected chi connectivity index (χ4v) is 6.69. The number of allylic oxidation sites excluding steroid dienone is 1. The molecule has 3 atom stereocenters. The van der Waals surface area contributed by atoms with Gasteiger partial charge < -0.3 is 20.6 Å². The average Bonchev–Trinajstić information content (AvgIpc) is 3.01. The summed E-state index contributed by atoms with van der Waals surface area (Å²) in [5.41, 5.74) is 5.26. The van der Waals surface area contributed by atoms with Gasteiger partial charge in [-0.2, -0.15) is 0 Å². The van der Waals surface area contributed by atoms with E-state index in [1.54, 1.807) is 6.21 Å². The zero-order chi connectivity index (χ0) is 35.7. The van der Waals surface area contributed by atoms with E-state index in [4.69, 9.17) is 9.98 Å². The molecule has 4 N–H and O–H groups in total. The minimum absolute atomic E-state index is 0.0115. The Labute approximate surface area is 292 Å². The number of aliphatic imine (C=N–C) groups is 2. The van der Waals surface area contributed by atoms with Gasteiger partial charge in [0, 0.05) is 52.5 Å². The van der Waals surface area contributed by atoms with Gasteiger partial charge >= 0.3 is 0 Å². The van der Waals surface area contributed by atoms with Crippen LogP contribution in [-0.4, -0.2) is 33.9 Å². The predicted octanol–water partition coefficient (Wildman–Crippen LogP) is 10.5. The van der Waals surface area contributed by atoms with Crippen molar-refractivity contribution in [2.75, 3.05) is 5.32 Å². The van der Waals surface area contributed by atoms with Crippen molar-refractivity contribution in [3.8, 4) is 11.5 Å². The van der Waals surface area contributed by atoms with Crippen LogP contribution in [0, 0.1) is 17.3 Å². The molecule has 0 saturated carbocycles. The van der Waals surface area contributed by atoms with Gasteiger partial charge in [-0.3, -0.25) is 9.98 Å². The molecule has 0 saturated heterocycles. The van der Waals surface area contributed by atoms with Crippen LogP contribution < -0.4 is 5.32 Å². The number of phenolic OH excluding ortho intramolecular Hbond substituents is 2. The second kappa shape index (κ2) is 13.8. The van der Waals surface area contributed by atoms with Gasteiger partial charge in [-0.15, -0.1) is 0 Å². The number of hydrogen-bond acceptors (Lipinski definition) is 6. The lowest BCUT2D eigenvalue weighted by Crippen LogP contribution is -2.39. The third-order valence-corrected chi connectivity index (χ3v) is 9.66. The van der Waals surface area contributed by atoms with Crippen molar-refractivity contribution >= 4 is 40.3 Å². The lowest BCUT2D eigenvalue weighted by molar-refractivity contribution is 0.0268.